The van der Waals surface area contributed by atoms with Crippen molar-refractivity contribution in [2.75, 3.05) is 13.2 Å². The monoisotopic (exact) mass is 232 g/mol. The number of aromatic amines is 1. The SMILES string of the molecule is O=C(OCC1CCO1)c1ccc2nc[nH]c2c1. The number of hydrogen-bond donors (Lipinski definition) is 1. The summed E-state index contributed by atoms with van der Waals surface area (Å²) in [6, 6.07) is 5.25. The van der Waals surface area contributed by atoms with Crippen LogP contribution >= 0.6 is 0 Å². The Bertz CT molecular complexity index is 545. The van der Waals surface area contributed by atoms with Gasteiger partial charge in [0.2, 0.25) is 0 Å². The molecular weight excluding hydrogens is 220 g/mol. The fraction of sp³-hybridized carbons (Fsp3) is 0.333. The van der Waals surface area contributed by atoms with Crippen molar-refractivity contribution in [1.29, 1.82) is 0 Å². The summed E-state index contributed by atoms with van der Waals surface area (Å²) in [5, 5.41) is 0. The Labute approximate surface area is 97.7 Å². The fourth-order valence-electron chi connectivity index (χ4n) is 1.73. The molecule has 1 N–H and O–H groups in total. The van der Waals surface area contributed by atoms with E-state index in [0.717, 1.165) is 24.1 Å². The van der Waals surface area contributed by atoms with Crippen LogP contribution in [-0.2, 0) is 9.47 Å². The Morgan fingerprint density at radius 3 is 3.24 bits per heavy atom. The van der Waals surface area contributed by atoms with E-state index in [0.29, 0.717) is 12.2 Å². The molecule has 88 valence electrons. The molecular formula is C12H12N2O3. The zero-order valence-corrected chi connectivity index (χ0v) is 9.18. The Balaban J connectivity index is 1.70. The van der Waals surface area contributed by atoms with E-state index in [2.05, 4.69) is 9.97 Å². The molecule has 0 radical (unpaired) electrons. The van der Waals surface area contributed by atoms with E-state index >= 15 is 0 Å². The quantitative estimate of drug-likeness (QED) is 0.815. The van der Waals surface area contributed by atoms with E-state index in [-0.39, 0.29) is 12.1 Å². The van der Waals surface area contributed by atoms with Gasteiger partial charge in [-0.3, -0.25) is 0 Å². The molecule has 0 amide bonds. The highest BCUT2D eigenvalue weighted by atomic mass is 16.6. The number of esters is 1. The summed E-state index contributed by atoms with van der Waals surface area (Å²) >= 11 is 0. The van der Waals surface area contributed by atoms with Gasteiger partial charge in [0.25, 0.3) is 0 Å². The second kappa shape index (κ2) is 4.18. The summed E-state index contributed by atoms with van der Waals surface area (Å²) in [5.41, 5.74) is 2.20. The van der Waals surface area contributed by atoms with Gasteiger partial charge in [0, 0.05) is 13.0 Å². The zero-order chi connectivity index (χ0) is 11.7. The Kier molecular flexibility index (Phi) is 2.53. The van der Waals surface area contributed by atoms with Crippen LogP contribution in [0.3, 0.4) is 0 Å². The normalized spacial score (nSPS) is 18.9. The van der Waals surface area contributed by atoms with Crippen molar-refractivity contribution in [2.45, 2.75) is 12.5 Å². The third kappa shape index (κ3) is 2.01. The number of benzene rings is 1. The molecule has 2 aromatic rings. The van der Waals surface area contributed by atoms with Crippen molar-refractivity contribution in [3.8, 4) is 0 Å². The smallest absolute Gasteiger partial charge is 0.338 e. The lowest BCUT2D eigenvalue weighted by atomic mass is 10.2. The minimum Gasteiger partial charge on any atom is -0.459 e. The third-order valence-electron chi connectivity index (χ3n) is 2.85. The number of imidazole rings is 1. The number of ether oxygens (including phenoxy) is 2. The first-order chi connectivity index (χ1) is 8.33. The van der Waals surface area contributed by atoms with E-state index < -0.39 is 0 Å². The number of carbonyl (C=O) groups excluding carboxylic acids is 1. The van der Waals surface area contributed by atoms with Crippen LogP contribution in [0.15, 0.2) is 24.5 Å². The first kappa shape index (κ1) is 10.3. The molecule has 5 heteroatoms. The number of carbonyl (C=O) groups is 1. The van der Waals surface area contributed by atoms with Gasteiger partial charge < -0.3 is 14.5 Å². The molecule has 3 rings (SSSR count). The second-order valence-corrected chi connectivity index (χ2v) is 4.01. The average molecular weight is 232 g/mol. The minimum absolute atomic E-state index is 0.0786. The van der Waals surface area contributed by atoms with Crippen molar-refractivity contribution in [3.63, 3.8) is 0 Å². The Morgan fingerprint density at radius 2 is 2.47 bits per heavy atom. The number of nitrogens with one attached hydrogen (secondary N) is 1. The molecule has 1 fully saturated rings. The van der Waals surface area contributed by atoms with Crippen LogP contribution in [-0.4, -0.2) is 35.3 Å². The first-order valence-electron chi connectivity index (χ1n) is 5.55. The lowest BCUT2D eigenvalue weighted by molar-refractivity contribution is -0.0824. The largest absolute Gasteiger partial charge is 0.459 e. The van der Waals surface area contributed by atoms with Gasteiger partial charge in [0.15, 0.2) is 0 Å². The maximum absolute atomic E-state index is 11.7. The van der Waals surface area contributed by atoms with Gasteiger partial charge in [-0.05, 0) is 18.2 Å². The maximum Gasteiger partial charge on any atom is 0.338 e. The van der Waals surface area contributed by atoms with E-state index in [9.17, 15) is 4.79 Å². The molecule has 2 heterocycles. The summed E-state index contributed by atoms with van der Waals surface area (Å²) in [7, 11) is 0. The van der Waals surface area contributed by atoms with Crippen LogP contribution in [0.1, 0.15) is 16.8 Å². The number of nitrogens with zero attached hydrogens (tertiary/aromatic N) is 1. The molecule has 0 saturated carbocycles. The summed E-state index contributed by atoms with van der Waals surface area (Å²) in [6.45, 7) is 1.10. The maximum atomic E-state index is 11.7. The van der Waals surface area contributed by atoms with E-state index in [4.69, 9.17) is 9.47 Å². The van der Waals surface area contributed by atoms with E-state index in [1.165, 1.54) is 0 Å². The van der Waals surface area contributed by atoms with Crippen LogP contribution in [0.4, 0.5) is 0 Å². The summed E-state index contributed by atoms with van der Waals surface area (Å²) < 4.78 is 10.3. The van der Waals surface area contributed by atoms with E-state index in [1.807, 2.05) is 0 Å². The van der Waals surface area contributed by atoms with Gasteiger partial charge in [0.1, 0.15) is 6.61 Å². The van der Waals surface area contributed by atoms with Gasteiger partial charge >= 0.3 is 5.97 Å². The van der Waals surface area contributed by atoms with Crippen molar-refractivity contribution in [3.05, 3.63) is 30.1 Å². The Hall–Kier alpha value is -1.88. The summed E-state index contributed by atoms with van der Waals surface area (Å²) in [6.07, 6.45) is 2.64. The van der Waals surface area contributed by atoms with Crippen LogP contribution in [0.2, 0.25) is 0 Å². The van der Waals surface area contributed by atoms with Crippen molar-refractivity contribution in [1.82, 2.24) is 9.97 Å². The number of fused-ring (bicyclic) bond motifs is 1. The van der Waals surface area contributed by atoms with Gasteiger partial charge in [0.05, 0.1) is 29.0 Å². The topological polar surface area (TPSA) is 64.2 Å². The van der Waals surface area contributed by atoms with Crippen molar-refractivity contribution >= 4 is 17.0 Å². The van der Waals surface area contributed by atoms with Crippen LogP contribution in [0, 0.1) is 0 Å². The summed E-state index contributed by atoms with van der Waals surface area (Å²) in [5.74, 6) is -0.322. The van der Waals surface area contributed by atoms with Crippen molar-refractivity contribution in [2.24, 2.45) is 0 Å². The molecule has 5 nitrogen and oxygen atoms in total. The molecule has 1 unspecified atom stereocenters. The number of H-pyrrole nitrogens is 1. The molecule has 1 aliphatic heterocycles. The predicted molar refractivity (Wildman–Crippen MR) is 60.7 cm³/mol. The minimum atomic E-state index is -0.322. The first-order valence-corrected chi connectivity index (χ1v) is 5.55. The molecule has 1 atom stereocenters. The molecule has 0 bridgehead atoms. The van der Waals surface area contributed by atoms with E-state index in [1.54, 1.807) is 24.5 Å². The van der Waals surface area contributed by atoms with Crippen molar-refractivity contribution < 1.29 is 14.3 Å². The van der Waals surface area contributed by atoms with Gasteiger partial charge in [-0.25, -0.2) is 9.78 Å². The molecule has 0 aliphatic carbocycles. The lowest BCUT2D eigenvalue weighted by Gasteiger charge is -2.25. The van der Waals surface area contributed by atoms with Crippen LogP contribution in [0.5, 0.6) is 0 Å². The molecule has 1 aromatic heterocycles. The predicted octanol–water partition coefficient (Wildman–Crippen LogP) is 1.51. The Morgan fingerprint density at radius 1 is 1.59 bits per heavy atom. The average Bonchev–Trinajstić information content (AvgIpc) is 2.73. The van der Waals surface area contributed by atoms with Gasteiger partial charge in [-0.1, -0.05) is 0 Å². The fourth-order valence-corrected chi connectivity index (χ4v) is 1.73. The van der Waals surface area contributed by atoms with Gasteiger partial charge in [-0.2, -0.15) is 0 Å². The van der Waals surface area contributed by atoms with Gasteiger partial charge in [-0.15, -0.1) is 0 Å². The van der Waals surface area contributed by atoms with Crippen LogP contribution in [0.25, 0.3) is 11.0 Å². The second-order valence-electron chi connectivity index (χ2n) is 4.01. The standard InChI is InChI=1S/C12H12N2O3/c15-12(17-6-9-3-4-16-9)8-1-2-10-11(5-8)14-7-13-10/h1-2,5,7,9H,3-4,6H2,(H,13,14). The lowest BCUT2D eigenvalue weighted by Crippen LogP contribution is -2.32. The van der Waals surface area contributed by atoms with Crippen LogP contribution < -0.4 is 0 Å². The molecule has 1 aromatic carbocycles. The molecule has 1 aliphatic rings. The zero-order valence-electron chi connectivity index (χ0n) is 9.18. The highest BCUT2D eigenvalue weighted by molar-refractivity contribution is 5.93. The highest BCUT2D eigenvalue weighted by Gasteiger charge is 2.20. The molecule has 1 saturated heterocycles. The molecule has 0 spiro atoms. The number of hydrogen-bond acceptors (Lipinski definition) is 4. The summed E-state index contributed by atoms with van der Waals surface area (Å²) in [4.78, 5) is 18.8. The number of aromatic nitrogens is 2. The third-order valence-corrected chi connectivity index (χ3v) is 2.85. The highest BCUT2D eigenvalue weighted by Crippen LogP contribution is 2.14. The number of rotatable bonds is 3. The molecule has 17 heavy (non-hydrogen) atoms.